The van der Waals surface area contributed by atoms with Gasteiger partial charge in [0.25, 0.3) is 0 Å². The van der Waals surface area contributed by atoms with Crippen molar-refractivity contribution in [2.24, 2.45) is 0 Å². The van der Waals surface area contributed by atoms with Crippen LogP contribution in [0.15, 0.2) is 0 Å². The molecule has 26 heavy (non-hydrogen) atoms. The molecule has 0 spiro atoms. The van der Waals surface area contributed by atoms with Crippen LogP contribution in [0.2, 0.25) is 0 Å². The first-order chi connectivity index (χ1) is 12.2. The van der Waals surface area contributed by atoms with E-state index in [1.54, 1.807) is 0 Å². The second-order valence-electron chi connectivity index (χ2n) is 6.26. The quantitative estimate of drug-likeness (QED) is 0.226. The van der Waals surface area contributed by atoms with Crippen LogP contribution in [0.25, 0.3) is 0 Å². The van der Waals surface area contributed by atoms with Crippen molar-refractivity contribution in [2.75, 3.05) is 13.2 Å². The van der Waals surface area contributed by atoms with Gasteiger partial charge in [0.1, 0.15) is 48.8 Å². The molecule has 0 bridgehead atoms. The molecule has 12 heteroatoms. The summed E-state index contributed by atoms with van der Waals surface area (Å²) < 4.78 is 15.7. The molecule has 0 radical (unpaired) electrons. The largest absolute Gasteiger partial charge is 0.394 e. The molecule has 0 aromatic heterocycles. The third-order valence-corrected chi connectivity index (χ3v) is 4.38. The lowest BCUT2D eigenvalue weighted by Gasteiger charge is -2.46. The predicted molar refractivity (Wildman–Crippen MR) is 80.2 cm³/mol. The van der Waals surface area contributed by atoms with E-state index in [0.717, 1.165) is 6.92 Å². The zero-order valence-corrected chi connectivity index (χ0v) is 14.0. The van der Waals surface area contributed by atoms with Crippen molar-refractivity contribution in [2.45, 2.75) is 68.3 Å². The second kappa shape index (κ2) is 8.84. The van der Waals surface area contributed by atoms with Gasteiger partial charge in [-0.1, -0.05) is 0 Å². The zero-order valence-electron chi connectivity index (χ0n) is 14.0. The van der Waals surface area contributed by atoms with Gasteiger partial charge in [-0.3, -0.25) is 4.79 Å². The number of hydrogen-bond acceptors (Lipinski definition) is 11. The summed E-state index contributed by atoms with van der Waals surface area (Å²) in [5.74, 6) is -0.574. The molecule has 0 unspecified atom stereocenters. The molecule has 0 aromatic rings. The summed E-state index contributed by atoms with van der Waals surface area (Å²) in [5.41, 5.74) is 0. The Hall–Kier alpha value is -0.930. The smallest absolute Gasteiger partial charge is 0.217 e. The number of aliphatic hydroxyl groups is 7. The molecule has 2 aliphatic rings. The Morgan fingerprint density at radius 2 is 1.50 bits per heavy atom. The number of aliphatic hydroxyl groups excluding tert-OH is 7. The highest BCUT2D eigenvalue weighted by molar-refractivity contribution is 5.73. The summed E-state index contributed by atoms with van der Waals surface area (Å²) in [6.07, 6.45) is -13.7. The molecule has 10 atom stereocenters. The fraction of sp³-hybridized carbons (Fsp3) is 0.929. The van der Waals surface area contributed by atoms with Gasteiger partial charge < -0.3 is 55.3 Å². The lowest BCUT2D eigenvalue weighted by Crippen LogP contribution is -2.67. The minimum absolute atomic E-state index is 0.574. The predicted octanol–water partition coefficient (Wildman–Crippen LogP) is -5.25. The fourth-order valence-electron chi connectivity index (χ4n) is 2.97. The van der Waals surface area contributed by atoms with E-state index in [1.165, 1.54) is 0 Å². The zero-order chi connectivity index (χ0) is 19.6. The molecule has 0 aliphatic carbocycles. The van der Waals surface area contributed by atoms with E-state index in [2.05, 4.69) is 5.32 Å². The van der Waals surface area contributed by atoms with E-state index in [1.807, 2.05) is 0 Å². The molecular formula is C14H25NO11. The summed E-state index contributed by atoms with van der Waals surface area (Å²) >= 11 is 0. The Kier molecular flexibility index (Phi) is 7.27. The van der Waals surface area contributed by atoms with Crippen LogP contribution >= 0.6 is 0 Å². The average Bonchev–Trinajstić information content (AvgIpc) is 2.60. The number of carbonyl (C=O) groups excluding carboxylic acids is 1. The molecule has 2 aliphatic heterocycles. The van der Waals surface area contributed by atoms with Crippen LogP contribution in [0.5, 0.6) is 0 Å². The SMILES string of the molecule is CC(=O)N[C@@H]1[C@@H](O[C@H]2O[C@H](CO)[C@@H](O)[C@H](O)[C@H]2O)[C@@H](O)[C@@H](CO)O[C@@H]1O. The van der Waals surface area contributed by atoms with Crippen molar-refractivity contribution in [1.82, 2.24) is 5.32 Å². The van der Waals surface area contributed by atoms with Gasteiger partial charge in [-0.25, -0.2) is 0 Å². The van der Waals surface area contributed by atoms with Crippen molar-refractivity contribution in [3.8, 4) is 0 Å². The summed E-state index contributed by atoms with van der Waals surface area (Å²) in [6, 6.07) is -1.28. The monoisotopic (exact) mass is 383 g/mol. The van der Waals surface area contributed by atoms with Gasteiger partial charge in [-0.05, 0) is 0 Å². The van der Waals surface area contributed by atoms with Gasteiger partial charge in [-0.15, -0.1) is 0 Å². The summed E-state index contributed by atoms with van der Waals surface area (Å²) in [4.78, 5) is 11.4. The van der Waals surface area contributed by atoms with E-state index in [0.29, 0.717) is 0 Å². The van der Waals surface area contributed by atoms with E-state index in [-0.39, 0.29) is 0 Å². The van der Waals surface area contributed by atoms with Gasteiger partial charge in [-0.2, -0.15) is 0 Å². The first-order valence-corrected chi connectivity index (χ1v) is 8.06. The van der Waals surface area contributed by atoms with E-state index >= 15 is 0 Å². The standard InChI is InChI=1S/C14H25NO11/c1-4(18)15-7-12(9(20)6(3-17)24-13(7)23)26-14-11(22)10(21)8(19)5(2-16)25-14/h5-14,16-17,19-23H,2-3H2,1H3,(H,15,18)/t5-,6-,7-,8-,9+,10+,11-,12-,13+,14-/m1/s1. The van der Waals surface area contributed by atoms with Gasteiger partial charge >= 0.3 is 0 Å². The van der Waals surface area contributed by atoms with E-state index < -0.39 is 80.5 Å². The third-order valence-electron chi connectivity index (χ3n) is 4.38. The molecule has 2 rings (SSSR count). The minimum Gasteiger partial charge on any atom is -0.394 e. The number of ether oxygens (including phenoxy) is 3. The Labute approximate surface area is 148 Å². The Morgan fingerprint density at radius 3 is 2.04 bits per heavy atom. The maximum absolute atomic E-state index is 11.4. The Balaban J connectivity index is 2.21. The molecule has 2 fully saturated rings. The van der Waals surface area contributed by atoms with Crippen molar-refractivity contribution in [3.05, 3.63) is 0 Å². The molecular weight excluding hydrogens is 358 g/mol. The Bertz CT molecular complexity index is 478. The lowest BCUT2D eigenvalue weighted by atomic mass is 9.95. The fourth-order valence-corrected chi connectivity index (χ4v) is 2.97. The molecule has 8 N–H and O–H groups in total. The van der Waals surface area contributed by atoms with Gasteiger partial charge in [0.15, 0.2) is 12.6 Å². The molecule has 12 nitrogen and oxygen atoms in total. The van der Waals surface area contributed by atoms with Gasteiger partial charge in [0.2, 0.25) is 5.91 Å². The van der Waals surface area contributed by atoms with Crippen LogP contribution in [0.4, 0.5) is 0 Å². The van der Waals surface area contributed by atoms with Crippen molar-refractivity contribution >= 4 is 5.91 Å². The maximum atomic E-state index is 11.4. The third kappa shape index (κ3) is 4.31. The van der Waals surface area contributed by atoms with Crippen LogP contribution in [0.1, 0.15) is 6.92 Å². The van der Waals surface area contributed by atoms with Crippen LogP contribution in [0, 0.1) is 0 Å². The first kappa shape index (κ1) is 21.4. The number of hydrogen-bond donors (Lipinski definition) is 8. The Morgan fingerprint density at radius 1 is 0.923 bits per heavy atom. The average molecular weight is 383 g/mol. The first-order valence-electron chi connectivity index (χ1n) is 8.06. The minimum atomic E-state index is -1.74. The molecule has 2 saturated heterocycles. The molecule has 1 amide bonds. The molecule has 152 valence electrons. The van der Waals surface area contributed by atoms with Crippen molar-refractivity contribution in [1.29, 1.82) is 0 Å². The number of amides is 1. The maximum Gasteiger partial charge on any atom is 0.217 e. The van der Waals surface area contributed by atoms with E-state index in [4.69, 9.17) is 14.2 Å². The highest BCUT2D eigenvalue weighted by Gasteiger charge is 2.50. The normalized spacial score (nSPS) is 46.8. The second-order valence-corrected chi connectivity index (χ2v) is 6.26. The number of rotatable bonds is 5. The number of nitrogens with one attached hydrogen (secondary N) is 1. The van der Waals surface area contributed by atoms with E-state index in [9.17, 15) is 40.5 Å². The summed E-state index contributed by atoms with van der Waals surface area (Å²) in [6.45, 7) is -0.195. The number of carbonyl (C=O) groups is 1. The van der Waals surface area contributed by atoms with Crippen LogP contribution < -0.4 is 5.32 Å². The highest BCUT2D eigenvalue weighted by atomic mass is 16.7. The molecule has 0 saturated carbocycles. The van der Waals surface area contributed by atoms with Crippen LogP contribution in [-0.2, 0) is 19.0 Å². The topological polar surface area (TPSA) is 198 Å². The molecule has 2 heterocycles. The lowest BCUT2D eigenvalue weighted by molar-refractivity contribution is -0.341. The summed E-state index contributed by atoms with van der Waals surface area (Å²) in [7, 11) is 0. The van der Waals surface area contributed by atoms with Gasteiger partial charge in [0, 0.05) is 6.92 Å². The molecule has 0 aromatic carbocycles. The van der Waals surface area contributed by atoms with Crippen molar-refractivity contribution < 1.29 is 54.8 Å². The van der Waals surface area contributed by atoms with Crippen LogP contribution in [0.3, 0.4) is 0 Å². The summed E-state index contributed by atoms with van der Waals surface area (Å²) in [5, 5.41) is 70.7. The highest BCUT2D eigenvalue weighted by Crippen LogP contribution is 2.28. The van der Waals surface area contributed by atoms with Gasteiger partial charge in [0.05, 0.1) is 13.2 Å². The van der Waals surface area contributed by atoms with Crippen molar-refractivity contribution in [3.63, 3.8) is 0 Å². The van der Waals surface area contributed by atoms with Crippen LogP contribution in [-0.4, -0.2) is 116 Å².